The molecule has 0 aromatic heterocycles. The molecule has 3 rings (SSSR count). The molecule has 1 aromatic rings. The van der Waals surface area contributed by atoms with Gasteiger partial charge in [0.25, 0.3) is 0 Å². The summed E-state index contributed by atoms with van der Waals surface area (Å²) in [4.78, 5) is 25.5. The van der Waals surface area contributed by atoms with E-state index in [4.69, 9.17) is 0 Å². The van der Waals surface area contributed by atoms with Gasteiger partial charge in [-0.05, 0) is 38.9 Å². The van der Waals surface area contributed by atoms with Gasteiger partial charge in [-0.2, -0.15) is 4.31 Å². The average molecular weight is 351 g/mol. The Morgan fingerprint density at radius 2 is 1.75 bits per heavy atom. The number of benzene rings is 1. The van der Waals surface area contributed by atoms with Crippen molar-refractivity contribution in [3.05, 3.63) is 29.8 Å². The third-order valence-electron chi connectivity index (χ3n) is 4.80. The lowest BCUT2D eigenvalue weighted by Crippen LogP contribution is -2.59. The van der Waals surface area contributed by atoms with Gasteiger partial charge in [0.15, 0.2) is 5.78 Å². The van der Waals surface area contributed by atoms with Crippen molar-refractivity contribution in [2.75, 3.05) is 26.7 Å². The Kier molecular flexibility index (Phi) is 4.23. The first-order valence-corrected chi connectivity index (χ1v) is 9.32. The summed E-state index contributed by atoms with van der Waals surface area (Å²) in [6, 6.07) is 5.86. The van der Waals surface area contributed by atoms with Gasteiger partial charge >= 0.3 is 0 Å². The summed E-state index contributed by atoms with van der Waals surface area (Å²) in [5, 5.41) is 2.87. The summed E-state index contributed by atoms with van der Waals surface area (Å²) in [5.74, 6) is -0.396. The van der Waals surface area contributed by atoms with Crippen LogP contribution >= 0.6 is 0 Å². The molecule has 1 aromatic carbocycles. The van der Waals surface area contributed by atoms with Crippen molar-refractivity contribution in [1.29, 1.82) is 0 Å². The number of nitrogens with one attached hydrogen (secondary N) is 1. The predicted molar refractivity (Wildman–Crippen MR) is 87.9 cm³/mol. The molecule has 2 aliphatic rings. The van der Waals surface area contributed by atoms with Crippen LogP contribution in [0.4, 0.5) is 0 Å². The average Bonchev–Trinajstić information content (AvgIpc) is 2.88. The molecular formula is C16H21N3O4S. The Hall–Kier alpha value is -1.77. The minimum absolute atomic E-state index is 0.0994. The number of hydrogen-bond donors (Lipinski definition) is 1. The van der Waals surface area contributed by atoms with Crippen molar-refractivity contribution >= 4 is 21.7 Å². The highest BCUT2D eigenvalue weighted by Gasteiger charge is 2.51. The van der Waals surface area contributed by atoms with Crippen LogP contribution in [0, 0.1) is 0 Å². The number of Topliss-reactive ketones (excluding diaryl/α,β-unsaturated/α-hetero) is 1. The Morgan fingerprint density at radius 3 is 2.29 bits per heavy atom. The van der Waals surface area contributed by atoms with E-state index in [0.717, 1.165) is 13.1 Å². The summed E-state index contributed by atoms with van der Waals surface area (Å²) in [6.45, 7) is 2.70. The van der Waals surface area contributed by atoms with Gasteiger partial charge < -0.3 is 10.2 Å². The fraction of sp³-hybridized carbons (Fsp3) is 0.500. The quantitative estimate of drug-likeness (QED) is 0.798. The molecule has 7 nitrogen and oxygen atoms in total. The van der Waals surface area contributed by atoms with Crippen LogP contribution in [0.25, 0.3) is 0 Å². The van der Waals surface area contributed by atoms with Gasteiger partial charge in [-0.15, -0.1) is 0 Å². The van der Waals surface area contributed by atoms with Gasteiger partial charge in [0.2, 0.25) is 15.9 Å². The zero-order valence-corrected chi connectivity index (χ0v) is 14.6. The number of likely N-dealkylation sites (tertiary alicyclic amines) is 1. The minimum Gasteiger partial charge on any atom is -0.336 e. The Bertz CT molecular complexity index is 765. The van der Waals surface area contributed by atoms with E-state index in [1.165, 1.54) is 35.5 Å². The van der Waals surface area contributed by atoms with E-state index in [2.05, 4.69) is 10.2 Å². The molecule has 0 saturated carbocycles. The molecule has 0 aliphatic carbocycles. The molecule has 130 valence electrons. The normalized spacial score (nSPS) is 21.8. The predicted octanol–water partition coefficient (Wildman–Crippen LogP) is 0.432. The fourth-order valence-electron chi connectivity index (χ4n) is 3.31. The highest BCUT2D eigenvalue weighted by atomic mass is 32.2. The Balaban J connectivity index is 1.95. The molecule has 0 bridgehead atoms. The number of carbonyl (C=O) groups excluding carboxylic acids is 2. The number of rotatable bonds is 3. The highest BCUT2D eigenvalue weighted by Crippen LogP contribution is 2.34. The first kappa shape index (κ1) is 17.1. The maximum atomic E-state index is 13.1. The maximum Gasteiger partial charge on any atom is 0.245 e. The number of amides is 1. The monoisotopic (exact) mass is 351 g/mol. The van der Waals surface area contributed by atoms with Crippen LogP contribution in [0.15, 0.2) is 29.2 Å². The molecule has 1 spiro atoms. The van der Waals surface area contributed by atoms with Crippen LogP contribution in [0.5, 0.6) is 0 Å². The molecule has 2 heterocycles. The van der Waals surface area contributed by atoms with E-state index in [9.17, 15) is 18.0 Å². The molecule has 8 heteroatoms. The van der Waals surface area contributed by atoms with Crippen molar-refractivity contribution in [3.8, 4) is 0 Å². The fourth-order valence-corrected chi connectivity index (χ4v) is 5.02. The third-order valence-corrected chi connectivity index (χ3v) is 6.73. The molecule has 0 unspecified atom stereocenters. The minimum atomic E-state index is -3.82. The summed E-state index contributed by atoms with van der Waals surface area (Å²) in [6.07, 6.45) is 1.11. The number of piperidine rings is 1. The highest BCUT2D eigenvalue weighted by molar-refractivity contribution is 7.89. The van der Waals surface area contributed by atoms with E-state index >= 15 is 0 Å². The smallest absolute Gasteiger partial charge is 0.245 e. The topological polar surface area (TPSA) is 86.8 Å². The number of hydrogen-bond acceptors (Lipinski definition) is 5. The standard InChI is InChI=1S/C16H21N3O4S/c1-12(20)13-3-5-14(6-4-13)24(22,23)19-11-15(21)17-16(19)7-9-18(2)10-8-16/h3-6H,7-11H2,1-2H3,(H,17,21). The van der Waals surface area contributed by atoms with Crippen molar-refractivity contribution in [2.45, 2.75) is 30.3 Å². The van der Waals surface area contributed by atoms with Gasteiger partial charge in [0.05, 0.1) is 11.4 Å². The molecule has 2 fully saturated rings. The van der Waals surface area contributed by atoms with Crippen molar-refractivity contribution in [3.63, 3.8) is 0 Å². The zero-order chi connectivity index (χ0) is 17.5. The van der Waals surface area contributed by atoms with E-state index in [1.54, 1.807) is 0 Å². The summed E-state index contributed by atoms with van der Waals surface area (Å²) in [7, 11) is -1.84. The van der Waals surface area contributed by atoms with E-state index in [-0.39, 0.29) is 23.1 Å². The van der Waals surface area contributed by atoms with E-state index in [0.29, 0.717) is 18.4 Å². The Labute approximate surface area is 141 Å². The second-order valence-electron chi connectivity index (χ2n) is 6.48. The lowest BCUT2D eigenvalue weighted by Gasteiger charge is -2.42. The molecule has 1 N–H and O–H groups in total. The summed E-state index contributed by atoms with van der Waals surface area (Å²) < 4.78 is 27.4. The number of ketones is 1. The van der Waals surface area contributed by atoms with Crippen LogP contribution in [0.1, 0.15) is 30.1 Å². The molecular weight excluding hydrogens is 330 g/mol. The van der Waals surface area contributed by atoms with Crippen LogP contribution in [-0.2, 0) is 14.8 Å². The van der Waals surface area contributed by atoms with Crippen LogP contribution < -0.4 is 5.32 Å². The van der Waals surface area contributed by atoms with Crippen LogP contribution in [-0.4, -0.2) is 61.7 Å². The van der Waals surface area contributed by atoms with Crippen molar-refractivity contribution in [1.82, 2.24) is 14.5 Å². The van der Waals surface area contributed by atoms with Crippen molar-refractivity contribution < 1.29 is 18.0 Å². The van der Waals surface area contributed by atoms with Gasteiger partial charge in [0.1, 0.15) is 5.66 Å². The molecule has 1 amide bonds. The number of carbonyl (C=O) groups is 2. The summed E-state index contributed by atoms with van der Waals surface area (Å²) >= 11 is 0. The molecule has 2 saturated heterocycles. The molecule has 0 atom stereocenters. The second kappa shape index (κ2) is 5.94. The second-order valence-corrected chi connectivity index (χ2v) is 8.34. The van der Waals surface area contributed by atoms with Crippen LogP contribution in [0.2, 0.25) is 0 Å². The number of sulfonamides is 1. The lowest BCUT2D eigenvalue weighted by molar-refractivity contribution is -0.119. The van der Waals surface area contributed by atoms with Crippen LogP contribution in [0.3, 0.4) is 0 Å². The molecule has 24 heavy (non-hydrogen) atoms. The maximum absolute atomic E-state index is 13.1. The summed E-state index contributed by atoms with van der Waals surface area (Å²) in [5.41, 5.74) is -0.389. The molecule has 0 radical (unpaired) electrons. The third kappa shape index (κ3) is 2.85. The van der Waals surface area contributed by atoms with Gasteiger partial charge in [-0.1, -0.05) is 12.1 Å². The first-order chi connectivity index (χ1) is 11.2. The largest absolute Gasteiger partial charge is 0.336 e. The SMILES string of the molecule is CC(=O)c1ccc(S(=O)(=O)N2CC(=O)NC23CCN(C)CC3)cc1. The lowest BCUT2D eigenvalue weighted by atomic mass is 9.98. The van der Waals surface area contributed by atoms with Gasteiger partial charge in [-0.25, -0.2) is 8.42 Å². The van der Waals surface area contributed by atoms with Crippen molar-refractivity contribution in [2.24, 2.45) is 0 Å². The zero-order valence-electron chi connectivity index (χ0n) is 13.8. The number of nitrogens with zero attached hydrogens (tertiary/aromatic N) is 2. The van der Waals surface area contributed by atoms with Gasteiger partial charge in [0, 0.05) is 18.7 Å². The van der Waals surface area contributed by atoms with E-state index in [1.807, 2.05) is 7.05 Å². The van der Waals surface area contributed by atoms with E-state index < -0.39 is 15.7 Å². The first-order valence-electron chi connectivity index (χ1n) is 7.88. The van der Waals surface area contributed by atoms with Gasteiger partial charge in [-0.3, -0.25) is 9.59 Å². The Morgan fingerprint density at radius 1 is 1.17 bits per heavy atom. The molecule has 2 aliphatic heterocycles.